The number of piperidine rings is 1. The quantitative estimate of drug-likeness (QED) is 0.790. The summed E-state index contributed by atoms with van der Waals surface area (Å²) >= 11 is 3.50. The minimum atomic E-state index is 0. The normalized spacial score (nSPS) is 18.8. The molecule has 2 saturated heterocycles. The smallest absolute Gasteiger partial charge is 0.254 e. The van der Waals surface area contributed by atoms with Gasteiger partial charge in [-0.2, -0.15) is 0 Å². The average molecular weight is 434 g/mol. The Labute approximate surface area is 164 Å². The summed E-state index contributed by atoms with van der Waals surface area (Å²) in [6, 6.07) is 3.61. The second kappa shape index (κ2) is 8.60. The molecular weight excluding hydrogens is 408 g/mol. The summed E-state index contributed by atoms with van der Waals surface area (Å²) in [5, 5.41) is 3.46. The number of ether oxygens (including phenoxy) is 2. The maximum Gasteiger partial charge on any atom is 0.254 e. The molecule has 25 heavy (non-hydrogen) atoms. The van der Waals surface area contributed by atoms with E-state index in [1.807, 2.05) is 17.9 Å². The van der Waals surface area contributed by atoms with Gasteiger partial charge in [0, 0.05) is 25.2 Å². The van der Waals surface area contributed by atoms with E-state index in [4.69, 9.17) is 9.47 Å². The molecule has 140 valence electrons. The lowest BCUT2D eigenvalue weighted by Crippen LogP contribution is -2.44. The number of hydrogen-bond acceptors (Lipinski definition) is 4. The lowest BCUT2D eigenvalue weighted by Gasteiger charge is -2.39. The second-order valence-electron chi connectivity index (χ2n) is 6.64. The van der Waals surface area contributed by atoms with E-state index >= 15 is 0 Å². The lowest BCUT2D eigenvalue weighted by molar-refractivity contribution is 0.0607. The van der Waals surface area contributed by atoms with Crippen molar-refractivity contribution in [1.29, 1.82) is 0 Å². The molecule has 1 amide bonds. The number of likely N-dealkylation sites (tertiary alicyclic amines) is 1. The van der Waals surface area contributed by atoms with Crippen molar-refractivity contribution in [3.63, 3.8) is 0 Å². The molecule has 0 radical (unpaired) electrons. The van der Waals surface area contributed by atoms with Crippen LogP contribution < -0.4 is 14.8 Å². The third kappa shape index (κ3) is 4.23. The molecule has 0 aromatic heterocycles. The molecule has 1 N–H and O–H groups in total. The number of halogens is 2. The van der Waals surface area contributed by atoms with Crippen LogP contribution in [0.15, 0.2) is 16.6 Å². The summed E-state index contributed by atoms with van der Waals surface area (Å²) in [6.07, 6.45) is 3.40. The van der Waals surface area contributed by atoms with Gasteiger partial charge in [0.1, 0.15) is 0 Å². The monoisotopic (exact) mass is 432 g/mol. The van der Waals surface area contributed by atoms with Crippen LogP contribution in [0.1, 0.15) is 36.5 Å². The summed E-state index contributed by atoms with van der Waals surface area (Å²) in [4.78, 5) is 14.8. The molecule has 2 heterocycles. The number of nitrogens with one attached hydrogen (secondary N) is 1. The third-order valence-electron chi connectivity index (χ3n) is 5.21. The Morgan fingerprint density at radius 2 is 2.04 bits per heavy atom. The van der Waals surface area contributed by atoms with E-state index in [2.05, 4.69) is 21.2 Å². The minimum absolute atomic E-state index is 0. The zero-order chi connectivity index (χ0) is 17.2. The number of nitrogens with zero attached hydrogens (tertiary/aromatic N) is 1. The molecule has 1 spiro atoms. The van der Waals surface area contributed by atoms with Gasteiger partial charge in [0.15, 0.2) is 11.5 Å². The van der Waals surface area contributed by atoms with Crippen LogP contribution in [-0.4, -0.2) is 50.7 Å². The molecule has 0 aliphatic carbocycles. The predicted molar refractivity (Wildman–Crippen MR) is 104 cm³/mol. The first-order valence-electron chi connectivity index (χ1n) is 8.59. The van der Waals surface area contributed by atoms with Gasteiger partial charge in [0.2, 0.25) is 0 Å². The Bertz CT molecular complexity index is 611. The maximum absolute atomic E-state index is 12.9. The number of rotatable bonds is 4. The molecule has 7 heteroatoms. The average Bonchev–Trinajstić information content (AvgIpc) is 3.04. The Hall–Kier alpha value is -0.980. The molecule has 2 aliphatic heterocycles. The van der Waals surface area contributed by atoms with E-state index in [0.29, 0.717) is 29.1 Å². The van der Waals surface area contributed by atoms with E-state index < -0.39 is 0 Å². The molecule has 1 aromatic rings. The van der Waals surface area contributed by atoms with Gasteiger partial charge < -0.3 is 19.7 Å². The fraction of sp³-hybridized carbons (Fsp3) is 0.611. The maximum atomic E-state index is 12.9. The van der Waals surface area contributed by atoms with Crippen molar-refractivity contribution in [2.24, 2.45) is 5.41 Å². The summed E-state index contributed by atoms with van der Waals surface area (Å²) in [7, 11) is 1.59. The van der Waals surface area contributed by atoms with Crippen LogP contribution in [0.2, 0.25) is 0 Å². The van der Waals surface area contributed by atoms with Gasteiger partial charge in [-0.05, 0) is 66.2 Å². The predicted octanol–water partition coefficient (Wildman–Crippen LogP) is 3.49. The molecule has 5 nitrogen and oxygen atoms in total. The van der Waals surface area contributed by atoms with Crippen LogP contribution in [-0.2, 0) is 0 Å². The van der Waals surface area contributed by atoms with E-state index in [-0.39, 0.29) is 18.3 Å². The van der Waals surface area contributed by atoms with Crippen LogP contribution in [0.4, 0.5) is 0 Å². The summed E-state index contributed by atoms with van der Waals surface area (Å²) in [5.41, 5.74) is 1.05. The van der Waals surface area contributed by atoms with Gasteiger partial charge in [-0.25, -0.2) is 0 Å². The van der Waals surface area contributed by atoms with E-state index in [1.54, 1.807) is 13.2 Å². The highest BCUT2D eigenvalue weighted by Gasteiger charge is 2.38. The molecule has 0 saturated carbocycles. The first-order chi connectivity index (χ1) is 11.6. The van der Waals surface area contributed by atoms with E-state index in [9.17, 15) is 4.79 Å². The van der Waals surface area contributed by atoms with Crippen LogP contribution in [0, 0.1) is 5.41 Å². The number of hydrogen-bond donors (Lipinski definition) is 1. The van der Waals surface area contributed by atoms with Gasteiger partial charge in [0.05, 0.1) is 18.2 Å². The van der Waals surface area contributed by atoms with Gasteiger partial charge >= 0.3 is 0 Å². The zero-order valence-corrected chi connectivity index (χ0v) is 17.2. The topological polar surface area (TPSA) is 50.8 Å². The lowest BCUT2D eigenvalue weighted by atomic mass is 9.78. The zero-order valence-electron chi connectivity index (χ0n) is 14.8. The Kier molecular flexibility index (Phi) is 7.00. The molecule has 2 fully saturated rings. The van der Waals surface area contributed by atoms with Crippen molar-refractivity contribution in [3.8, 4) is 11.5 Å². The molecule has 0 unspecified atom stereocenters. The van der Waals surface area contributed by atoms with Gasteiger partial charge in [-0.3, -0.25) is 4.79 Å². The highest BCUT2D eigenvalue weighted by atomic mass is 79.9. The summed E-state index contributed by atoms with van der Waals surface area (Å²) in [5.74, 6) is 1.30. The fourth-order valence-electron chi connectivity index (χ4n) is 3.72. The Balaban J connectivity index is 0.00000225. The van der Waals surface area contributed by atoms with Crippen molar-refractivity contribution >= 4 is 34.2 Å². The van der Waals surface area contributed by atoms with Crippen LogP contribution >= 0.6 is 28.3 Å². The number of carbonyl (C=O) groups is 1. The number of carbonyl (C=O) groups excluding carboxylic acids is 1. The van der Waals surface area contributed by atoms with Gasteiger partial charge in [-0.1, -0.05) is 0 Å². The molecule has 0 bridgehead atoms. The van der Waals surface area contributed by atoms with Crippen LogP contribution in [0.3, 0.4) is 0 Å². The molecular formula is C18H26BrClN2O3. The van der Waals surface area contributed by atoms with E-state index in [1.165, 1.54) is 6.42 Å². The number of benzene rings is 1. The molecule has 0 atom stereocenters. The highest BCUT2D eigenvalue weighted by molar-refractivity contribution is 9.10. The summed E-state index contributed by atoms with van der Waals surface area (Å²) < 4.78 is 11.7. The third-order valence-corrected chi connectivity index (χ3v) is 5.80. The fourth-order valence-corrected chi connectivity index (χ4v) is 4.27. The van der Waals surface area contributed by atoms with Crippen LogP contribution in [0.25, 0.3) is 0 Å². The molecule has 2 aliphatic rings. The van der Waals surface area contributed by atoms with E-state index in [0.717, 1.165) is 43.5 Å². The first-order valence-corrected chi connectivity index (χ1v) is 9.38. The number of amides is 1. The SMILES string of the molecule is CCOc1c(Br)cc(C(=O)N2CCC3(CCNC3)CC2)cc1OC.Cl. The Morgan fingerprint density at radius 3 is 2.60 bits per heavy atom. The van der Waals surface area contributed by atoms with Crippen molar-refractivity contribution in [2.75, 3.05) is 39.9 Å². The first kappa shape index (κ1) is 20.3. The van der Waals surface area contributed by atoms with Crippen molar-refractivity contribution in [1.82, 2.24) is 10.2 Å². The van der Waals surface area contributed by atoms with Gasteiger partial charge in [0.25, 0.3) is 5.91 Å². The van der Waals surface area contributed by atoms with Crippen molar-refractivity contribution < 1.29 is 14.3 Å². The summed E-state index contributed by atoms with van der Waals surface area (Å²) in [6.45, 7) is 6.33. The van der Waals surface area contributed by atoms with Crippen molar-refractivity contribution in [2.45, 2.75) is 26.2 Å². The highest BCUT2D eigenvalue weighted by Crippen LogP contribution is 2.39. The second-order valence-corrected chi connectivity index (χ2v) is 7.50. The molecule has 1 aromatic carbocycles. The van der Waals surface area contributed by atoms with Gasteiger partial charge in [-0.15, -0.1) is 12.4 Å². The van der Waals surface area contributed by atoms with Crippen LogP contribution in [0.5, 0.6) is 11.5 Å². The largest absolute Gasteiger partial charge is 0.493 e. The number of methoxy groups -OCH3 is 1. The Morgan fingerprint density at radius 1 is 1.32 bits per heavy atom. The molecule has 3 rings (SSSR count). The minimum Gasteiger partial charge on any atom is -0.493 e. The standard InChI is InChI=1S/C18H25BrN2O3.ClH/c1-3-24-16-14(19)10-13(11-15(16)23-2)17(22)21-8-5-18(6-9-21)4-7-20-12-18;/h10-11,20H,3-9,12H2,1-2H3;1H. The van der Waals surface area contributed by atoms with Crippen molar-refractivity contribution in [3.05, 3.63) is 22.2 Å².